The quantitative estimate of drug-likeness (QED) is 0.902. The van der Waals surface area contributed by atoms with Crippen LogP contribution in [0.1, 0.15) is 17.3 Å². The molecule has 1 aliphatic heterocycles. The minimum absolute atomic E-state index is 0.0323. The molecule has 0 saturated heterocycles. The molecule has 1 unspecified atom stereocenters. The van der Waals surface area contributed by atoms with Crippen molar-refractivity contribution < 1.29 is 26.8 Å². The Morgan fingerprint density at radius 1 is 1.16 bits per heavy atom. The van der Waals surface area contributed by atoms with Gasteiger partial charge in [0.05, 0.1) is 11.3 Å². The molecule has 0 spiro atoms. The first kappa shape index (κ1) is 17.0. The van der Waals surface area contributed by atoms with Gasteiger partial charge in [0.2, 0.25) is 5.91 Å². The van der Waals surface area contributed by atoms with Crippen LogP contribution in [0, 0.1) is 11.6 Å². The summed E-state index contributed by atoms with van der Waals surface area (Å²) in [6.07, 6.45) is 0. The van der Waals surface area contributed by atoms with Crippen LogP contribution in [-0.2, 0) is 14.8 Å². The van der Waals surface area contributed by atoms with Gasteiger partial charge in [-0.05, 0) is 31.2 Å². The minimum Gasteiger partial charge on any atom is -0.322 e. The maximum Gasteiger partial charge on any atom is 0.269 e. The van der Waals surface area contributed by atoms with Gasteiger partial charge in [-0.2, -0.15) is 0 Å². The van der Waals surface area contributed by atoms with Crippen LogP contribution >= 0.6 is 0 Å². The van der Waals surface area contributed by atoms with Gasteiger partial charge in [0, 0.05) is 6.07 Å². The van der Waals surface area contributed by atoms with Crippen molar-refractivity contribution >= 4 is 27.5 Å². The molecule has 1 aliphatic rings. The molecule has 9 heteroatoms. The summed E-state index contributed by atoms with van der Waals surface area (Å²) in [5.74, 6) is -3.59. The van der Waals surface area contributed by atoms with Crippen LogP contribution in [0.5, 0.6) is 0 Å². The second-order valence-corrected chi connectivity index (χ2v) is 7.17. The maximum atomic E-state index is 13.6. The van der Waals surface area contributed by atoms with E-state index in [2.05, 4.69) is 5.32 Å². The van der Waals surface area contributed by atoms with E-state index in [9.17, 15) is 26.8 Å². The number of sulfonamides is 1. The van der Waals surface area contributed by atoms with Crippen LogP contribution in [0.15, 0.2) is 47.4 Å². The van der Waals surface area contributed by atoms with E-state index < -0.39 is 39.5 Å². The molecule has 0 saturated carbocycles. The molecule has 0 aromatic heterocycles. The zero-order valence-electron chi connectivity index (χ0n) is 12.9. The van der Waals surface area contributed by atoms with E-state index >= 15 is 0 Å². The zero-order chi connectivity index (χ0) is 18.4. The predicted octanol–water partition coefficient (Wildman–Crippen LogP) is 2.14. The van der Waals surface area contributed by atoms with Crippen molar-refractivity contribution in [1.82, 2.24) is 4.31 Å². The molecule has 2 aromatic rings. The topological polar surface area (TPSA) is 83.6 Å². The summed E-state index contributed by atoms with van der Waals surface area (Å²) in [4.78, 5) is 24.5. The molecule has 0 bridgehead atoms. The molecule has 2 aromatic carbocycles. The molecule has 3 rings (SSSR count). The second kappa shape index (κ2) is 5.92. The fourth-order valence-corrected chi connectivity index (χ4v) is 4.25. The van der Waals surface area contributed by atoms with Gasteiger partial charge in [-0.3, -0.25) is 9.59 Å². The smallest absolute Gasteiger partial charge is 0.269 e. The highest BCUT2D eigenvalue weighted by atomic mass is 32.2. The highest BCUT2D eigenvalue weighted by Crippen LogP contribution is 2.32. The number of fused-ring (bicyclic) bond motifs is 1. The zero-order valence-corrected chi connectivity index (χ0v) is 13.7. The minimum atomic E-state index is -4.18. The third-order valence-corrected chi connectivity index (χ3v) is 5.69. The Kier molecular flexibility index (Phi) is 4.03. The van der Waals surface area contributed by atoms with Crippen molar-refractivity contribution in [2.75, 3.05) is 5.32 Å². The SMILES string of the molecule is CC(C(=O)Nc1ccc(F)cc1F)N1C(=O)c2ccccc2S1(=O)=O. The summed E-state index contributed by atoms with van der Waals surface area (Å²) in [6.45, 7) is 1.21. The molecular weight excluding hydrogens is 354 g/mol. The van der Waals surface area contributed by atoms with Crippen molar-refractivity contribution in [2.24, 2.45) is 0 Å². The Balaban J connectivity index is 1.89. The van der Waals surface area contributed by atoms with Crippen molar-refractivity contribution in [3.05, 3.63) is 59.7 Å². The Labute approximate surface area is 142 Å². The van der Waals surface area contributed by atoms with Gasteiger partial charge in [-0.1, -0.05) is 12.1 Å². The molecule has 1 N–H and O–H groups in total. The average molecular weight is 366 g/mol. The molecule has 1 atom stereocenters. The normalized spacial score (nSPS) is 16.4. The number of amides is 2. The summed E-state index contributed by atoms with van der Waals surface area (Å²) < 4.78 is 52.0. The molecule has 0 aliphatic carbocycles. The van der Waals surface area contributed by atoms with Crippen LogP contribution in [-0.4, -0.2) is 30.6 Å². The fraction of sp³-hybridized carbons (Fsp3) is 0.125. The number of nitrogens with zero attached hydrogens (tertiary/aromatic N) is 1. The summed E-state index contributed by atoms with van der Waals surface area (Å²) in [5.41, 5.74) is -0.352. The number of carbonyl (C=O) groups excluding carboxylic acids is 2. The number of carbonyl (C=O) groups is 2. The predicted molar refractivity (Wildman–Crippen MR) is 84.2 cm³/mol. The Morgan fingerprint density at radius 2 is 1.84 bits per heavy atom. The standard InChI is InChI=1S/C16H12F2N2O4S/c1-9(15(21)19-13-7-6-10(17)8-12(13)18)20-16(22)11-4-2-3-5-14(11)25(20,23)24/h2-9H,1H3,(H,19,21). The molecule has 130 valence electrons. The van der Waals surface area contributed by atoms with E-state index in [1.807, 2.05) is 0 Å². The maximum absolute atomic E-state index is 13.6. The number of halogens is 2. The third kappa shape index (κ3) is 2.76. The fourth-order valence-electron chi connectivity index (χ4n) is 2.52. The van der Waals surface area contributed by atoms with Gasteiger partial charge < -0.3 is 5.32 Å². The van der Waals surface area contributed by atoms with E-state index in [0.29, 0.717) is 10.4 Å². The Morgan fingerprint density at radius 3 is 2.48 bits per heavy atom. The van der Waals surface area contributed by atoms with Crippen LogP contribution in [0.25, 0.3) is 0 Å². The van der Waals surface area contributed by atoms with Crippen molar-refractivity contribution in [2.45, 2.75) is 17.9 Å². The number of benzene rings is 2. The van der Waals surface area contributed by atoms with Crippen molar-refractivity contribution in [1.29, 1.82) is 0 Å². The monoisotopic (exact) mass is 366 g/mol. The molecular formula is C16H12F2N2O4S. The molecule has 0 radical (unpaired) electrons. The molecule has 2 amide bonds. The summed E-state index contributed by atoms with van der Waals surface area (Å²) >= 11 is 0. The third-order valence-electron chi connectivity index (χ3n) is 3.77. The first-order valence-electron chi connectivity index (χ1n) is 7.17. The van der Waals surface area contributed by atoms with Crippen molar-refractivity contribution in [3.8, 4) is 0 Å². The van der Waals surface area contributed by atoms with Gasteiger partial charge in [0.15, 0.2) is 0 Å². The van der Waals surface area contributed by atoms with Gasteiger partial charge in [0.1, 0.15) is 22.6 Å². The number of anilines is 1. The number of nitrogens with one attached hydrogen (secondary N) is 1. The number of hydrogen-bond acceptors (Lipinski definition) is 4. The highest BCUT2D eigenvalue weighted by molar-refractivity contribution is 7.90. The lowest BCUT2D eigenvalue weighted by Gasteiger charge is -2.22. The van der Waals surface area contributed by atoms with E-state index in [-0.39, 0.29) is 16.1 Å². The van der Waals surface area contributed by atoms with Crippen LogP contribution in [0.2, 0.25) is 0 Å². The van der Waals surface area contributed by atoms with Crippen LogP contribution in [0.4, 0.5) is 14.5 Å². The van der Waals surface area contributed by atoms with Crippen LogP contribution in [0.3, 0.4) is 0 Å². The van der Waals surface area contributed by atoms with Crippen molar-refractivity contribution in [3.63, 3.8) is 0 Å². The van der Waals surface area contributed by atoms with Crippen LogP contribution < -0.4 is 5.32 Å². The Bertz CT molecular complexity index is 991. The average Bonchev–Trinajstić information content (AvgIpc) is 2.76. The lowest BCUT2D eigenvalue weighted by Crippen LogP contribution is -2.45. The highest BCUT2D eigenvalue weighted by Gasteiger charge is 2.45. The molecule has 0 fully saturated rings. The molecule has 25 heavy (non-hydrogen) atoms. The van der Waals surface area contributed by atoms with E-state index in [1.54, 1.807) is 0 Å². The van der Waals surface area contributed by atoms with Gasteiger partial charge in [-0.25, -0.2) is 21.5 Å². The largest absolute Gasteiger partial charge is 0.322 e. The van der Waals surface area contributed by atoms with E-state index in [0.717, 1.165) is 12.1 Å². The first-order valence-corrected chi connectivity index (χ1v) is 8.61. The first-order chi connectivity index (χ1) is 11.7. The van der Waals surface area contributed by atoms with E-state index in [4.69, 9.17) is 0 Å². The molecule has 1 heterocycles. The number of rotatable bonds is 3. The lowest BCUT2D eigenvalue weighted by molar-refractivity contribution is -0.118. The van der Waals surface area contributed by atoms with Gasteiger partial charge in [0.25, 0.3) is 15.9 Å². The number of hydrogen-bond donors (Lipinski definition) is 1. The lowest BCUT2D eigenvalue weighted by atomic mass is 10.2. The molecule has 6 nitrogen and oxygen atoms in total. The summed E-state index contributed by atoms with van der Waals surface area (Å²) in [7, 11) is -4.18. The van der Waals surface area contributed by atoms with Gasteiger partial charge in [-0.15, -0.1) is 0 Å². The summed E-state index contributed by atoms with van der Waals surface area (Å²) in [5, 5.41) is 2.16. The second-order valence-electron chi connectivity index (χ2n) is 5.39. The van der Waals surface area contributed by atoms with E-state index in [1.165, 1.54) is 31.2 Å². The summed E-state index contributed by atoms with van der Waals surface area (Å²) in [6, 6.07) is 6.69. The Hall–Kier alpha value is -2.81. The van der Waals surface area contributed by atoms with Gasteiger partial charge >= 0.3 is 0 Å².